The molecule has 1 atom stereocenters. The normalized spacial score (nSPS) is 12.1. The van der Waals surface area contributed by atoms with Gasteiger partial charge >= 0.3 is 5.97 Å². The summed E-state index contributed by atoms with van der Waals surface area (Å²) in [6, 6.07) is 8.48. The van der Waals surface area contributed by atoms with Gasteiger partial charge in [0.25, 0.3) is 5.91 Å². The molecular formula is C14H13ClN2O3. The molecule has 6 heteroatoms. The van der Waals surface area contributed by atoms with E-state index in [4.69, 9.17) is 16.7 Å². The number of rotatable bonds is 4. The largest absolute Gasteiger partial charge is 0.481 e. The number of aromatic nitrogens is 1. The minimum Gasteiger partial charge on any atom is -0.481 e. The zero-order chi connectivity index (χ0) is 14.7. The van der Waals surface area contributed by atoms with Crippen molar-refractivity contribution in [3.63, 3.8) is 0 Å². The number of nitrogens with zero attached hydrogens (tertiary/aromatic N) is 1. The second kappa shape index (κ2) is 5.88. The van der Waals surface area contributed by atoms with Crippen molar-refractivity contribution in [3.8, 4) is 0 Å². The van der Waals surface area contributed by atoms with E-state index in [0.29, 0.717) is 0 Å². The summed E-state index contributed by atoms with van der Waals surface area (Å²) in [5, 5.41) is 13.1. The molecule has 104 valence electrons. The highest BCUT2D eigenvalue weighted by Gasteiger charge is 2.15. The van der Waals surface area contributed by atoms with Crippen molar-refractivity contribution < 1.29 is 14.7 Å². The van der Waals surface area contributed by atoms with Crippen LogP contribution >= 0.6 is 11.6 Å². The SMILES string of the molecule is CC(CC(=O)O)NC(=O)c1cc2ccccc2c(Cl)n1. The number of aliphatic carboxylic acids is 1. The Morgan fingerprint density at radius 1 is 1.40 bits per heavy atom. The summed E-state index contributed by atoms with van der Waals surface area (Å²) in [6.45, 7) is 1.62. The number of hydrogen-bond donors (Lipinski definition) is 2. The third kappa shape index (κ3) is 3.24. The lowest BCUT2D eigenvalue weighted by atomic mass is 10.1. The van der Waals surface area contributed by atoms with Crippen molar-refractivity contribution in [2.24, 2.45) is 0 Å². The predicted octanol–water partition coefficient (Wildman–Crippen LogP) is 2.48. The molecule has 0 aliphatic carbocycles. The summed E-state index contributed by atoms with van der Waals surface area (Å²) in [6.07, 6.45) is -0.146. The lowest BCUT2D eigenvalue weighted by Crippen LogP contribution is -2.34. The number of pyridine rings is 1. The molecule has 1 aromatic heterocycles. The molecule has 0 aliphatic heterocycles. The Morgan fingerprint density at radius 3 is 2.80 bits per heavy atom. The van der Waals surface area contributed by atoms with Crippen molar-refractivity contribution in [1.29, 1.82) is 0 Å². The highest BCUT2D eigenvalue weighted by Crippen LogP contribution is 2.22. The number of hydrogen-bond acceptors (Lipinski definition) is 3. The Morgan fingerprint density at radius 2 is 2.10 bits per heavy atom. The fourth-order valence-corrected chi connectivity index (χ4v) is 2.15. The van der Waals surface area contributed by atoms with Crippen LogP contribution in [0.5, 0.6) is 0 Å². The van der Waals surface area contributed by atoms with E-state index >= 15 is 0 Å². The van der Waals surface area contributed by atoms with Crippen LogP contribution in [-0.2, 0) is 4.79 Å². The van der Waals surface area contributed by atoms with E-state index in [1.807, 2.05) is 24.3 Å². The van der Waals surface area contributed by atoms with E-state index in [-0.39, 0.29) is 17.3 Å². The van der Waals surface area contributed by atoms with Crippen LogP contribution in [0.15, 0.2) is 30.3 Å². The average Bonchev–Trinajstić information content (AvgIpc) is 2.37. The Labute approximate surface area is 120 Å². The van der Waals surface area contributed by atoms with Crippen molar-refractivity contribution in [2.75, 3.05) is 0 Å². The van der Waals surface area contributed by atoms with Gasteiger partial charge in [-0.25, -0.2) is 4.98 Å². The molecule has 2 aromatic rings. The van der Waals surface area contributed by atoms with E-state index in [9.17, 15) is 9.59 Å². The Balaban J connectivity index is 2.24. The first kappa shape index (κ1) is 14.3. The van der Waals surface area contributed by atoms with Crippen LogP contribution < -0.4 is 5.32 Å². The van der Waals surface area contributed by atoms with E-state index in [1.54, 1.807) is 13.0 Å². The van der Waals surface area contributed by atoms with Crippen LogP contribution in [0.1, 0.15) is 23.8 Å². The van der Waals surface area contributed by atoms with Crippen LogP contribution in [0, 0.1) is 0 Å². The van der Waals surface area contributed by atoms with Gasteiger partial charge in [0.15, 0.2) is 0 Å². The fourth-order valence-electron chi connectivity index (χ4n) is 1.88. The van der Waals surface area contributed by atoms with Crippen LogP contribution in [0.3, 0.4) is 0 Å². The average molecular weight is 293 g/mol. The Hall–Kier alpha value is -2.14. The monoisotopic (exact) mass is 292 g/mol. The number of carboxylic acids is 1. The van der Waals surface area contributed by atoms with E-state index in [0.717, 1.165) is 10.8 Å². The zero-order valence-electron chi connectivity index (χ0n) is 10.8. The molecule has 0 bridgehead atoms. The number of carboxylic acid groups (broad SMARTS) is 1. The predicted molar refractivity (Wildman–Crippen MR) is 75.9 cm³/mol. The van der Waals surface area contributed by atoms with Crippen LogP contribution in [0.25, 0.3) is 10.8 Å². The molecule has 0 aliphatic rings. The summed E-state index contributed by atoms with van der Waals surface area (Å²) in [4.78, 5) is 26.6. The lowest BCUT2D eigenvalue weighted by molar-refractivity contribution is -0.137. The minimum atomic E-state index is -0.970. The van der Waals surface area contributed by atoms with Crippen molar-refractivity contribution in [3.05, 3.63) is 41.2 Å². The highest BCUT2D eigenvalue weighted by molar-refractivity contribution is 6.34. The van der Waals surface area contributed by atoms with Gasteiger partial charge < -0.3 is 10.4 Å². The second-order valence-corrected chi connectivity index (χ2v) is 4.85. The van der Waals surface area contributed by atoms with Gasteiger partial charge in [0.1, 0.15) is 10.8 Å². The number of carbonyl (C=O) groups excluding carboxylic acids is 1. The quantitative estimate of drug-likeness (QED) is 0.849. The molecule has 1 amide bonds. The van der Waals surface area contributed by atoms with Gasteiger partial charge in [-0.15, -0.1) is 0 Å². The number of nitrogens with one attached hydrogen (secondary N) is 1. The Kier molecular flexibility index (Phi) is 4.20. The molecule has 0 saturated carbocycles. The van der Waals surface area contributed by atoms with Gasteiger partial charge in [-0.3, -0.25) is 9.59 Å². The van der Waals surface area contributed by atoms with E-state index < -0.39 is 17.9 Å². The molecule has 0 fully saturated rings. The highest BCUT2D eigenvalue weighted by atomic mass is 35.5. The molecule has 5 nitrogen and oxygen atoms in total. The second-order valence-electron chi connectivity index (χ2n) is 4.49. The van der Waals surface area contributed by atoms with Gasteiger partial charge in [-0.2, -0.15) is 0 Å². The van der Waals surface area contributed by atoms with Crippen molar-refractivity contribution in [2.45, 2.75) is 19.4 Å². The van der Waals surface area contributed by atoms with Crippen molar-refractivity contribution >= 4 is 34.2 Å². The summed E-state index contributed by atoms with van der Waals surface area (Å²) in [5.41, 5.74) is 0.172. The Bertz CT molecular complexity index is 673. The molecule has 1 heterocycles. The van der Waals surface area contributed by atoms with E-state index in [1.165, 1.54) is 0 Å². The number of halogens is 1. The smallest absolute Gasteiger partial charge is 0.305 e. The van der Waals surface area contributed by atoms with Crippen LogP contribution in [-0.4, -0.2) is 28.0 Å². The maximum absolute atomic E-state index is 12.0. The fraction of sp³-hybridized carbons (Fsp3) is 0.214. The third-order valence-electron chi connectivity index (χ3n) is 2.78. The van der Waals surface area contributed by atoms with Gasteiger partial charge in [-0.05, 0) is 18.4 Å². The molecule has 2 rings (SSSR count). The maximum atomic E-state index is 12.0. The molecule has 2 N–H and O–H groups in total. The number of benzene rings is 1. The molecule has 1 aromatic carbocycles. The molecular weight excluding hydrogens is 280 g/mol. The van der Waals surface area contributed by atoms with Gasteiger partial charge in [0.05, 0.1) is 6.42 Å². The molecule has 20 heavy (non-hydrogen) atoms. The first-order valence-corrected chi connectivity index (χ1v) is 6.43. The van der Waals surface area contributed by atoms with Crippen LogP contribution in [0.2, 0.25) is 5.15 Å². The number of amides is 1. The third-order valence-corrected chi connectivity index (χ3v) is 3.07. The first-order valence-electron chi connectivity index (χ1n) is 6.05. The topological polar surface area (TPSA) is 79.3 Å². The van der Waals surface area contributed by atoms with Gasteiger partial charge in [0.2, 0.25) is 0 Å². The first-order chi connectivity index (χ1) is 9.47. The standard InChI is InChI=1S/C14H13ClN2O3/c1-8(6-12(18)19)16-14(20)11-7-9-4-2-3-5-10(9)13(15)17-11/h2-5,7-8H,6H2,1H3,(H,16,20)(H,18,19). The number of fused-ring (bicyclic) bond motifs is 1. The van der Waals surface area contributed by atoms with Crippen LogP contribution in [0.4, 0.5) is 0 Å². The number of carbonyl (C=O) groups is 2. The summed E-state index contributed by atoms with van der Waals surface area (Å²) in [5.74, 6) is -1.41. The summed E-state index contributed by atoms with van der Waals surface area (Å²) < 4.78 is 0. The van der Waals surface area contributed by atoms with Gasteiger partial charge in [-0.1, -0.05) is 35.9 Å². The molecule has 0 radical (unpaired) electrons. The molecule has 0 spiro atoms. The zero-order valence-corrected chi connectivity index (χ0v) is 11.5. The van der Waals surface area contributed by atoms with Crippen molar-refractivity contribution in [1.82, 2.24) is 10.3 Å². The summed E-state index contributed by atoms with van der Waals surface area (Å²) in [7, 11) is 0. The van der Waals surface area contributed by atoms with Gasteiger partial charge in [0, 0.05) is 11.4 Å². The molecule has 1 unspecified atom stereocenters. The van der Waals surface area contributed by atoms with E-state index in [2.05, 4.69) is 10.3 Å². The lowest BCUT2D eigenvalue weighted by Gasteiger charge is -2.11. The maximum Gasteiger partial charge on any atom is 0.305 e. The minimum absolute atomic E-state index is 0.146. The summed E-state index contributed by atoms with van der Waals surface area (Å²) >= 11 is 6.04. The molecule has 0 saturated heterocycles.